The van der Waals surface area contributed by atoms with Gasteiger partial charge in [0.15, 0.2) is 22.8 Å². The third-order valence-electron chi connectivity index (χ3n) is 5.60. The van der Waals surface area contributed by atoms with E-state index in [0.717, 1.165) is 29.5 Å². The summed E-state index contributed by atoms with van der Waals surface area (Å²) in [5.41, 5.74) is 0.538. The van der Waals surface area contributed by atoms with Crippen molar-refractivity contribution in [2.24, 2.45) is 0 Å². The molecule has 4 atom stereocenters. The quantitative estimate of drug-likeness (QED) is 0.195. The van der Waals surface area contributed by atoms with Gasteiger partial charge in [-0.15, -0.1) is 11.3 Å². The number of fused-ring (bicyclic) bond motifs is 3. The average molecular weight is 527 g/mol. The van der Waals surface area contributed by atoms with Crippen molar-refractivity contribution in [1.82, 2.24) is 9.97 Å². The molecule has 0 radical (unpaired) electrons. The molecule has 1 fully saturated rings. The molecule has 2 aromatic heterocycles. The van der Waals surface area contributed by atoms with Gasteiger partial charge in [-0.05, 0) is 31.2 Å². The fraction of sp³-hybridized carbons (Fsp3) is 0.591. The zero-order valence-corrected chi connectivity index (χ0v) is 21.5. The lowest BCUT2D eigenvalue weighted by atomic mass is 10.1. The standard InChI is InChI=1S/C22H26N2O7S3/c1-10(25)28-9-14-17(29-11(2)26)18(30-12(3)27)21(31-14)34-22-23-19(32)16-13-7-5-4-6-8-15(13)33-20(16)24-22/h14,17-18,21H,4-9H2,1-3H3,(H,23,24,32)/t14-,17-,18+,21+/m1/s1. The number of aromatic nitrogens is 2. The predicted molar refractivity (Wildman–Crippen MR) is 128 cm³/mol. The van der Waals surface area contributed by atoms with E-state index in [1.54, 1.807) is 11.3 Å². The Bertz CT molecular complexity index is 1160. The van der Waals surface area contributed by atoms with Crippen LogP contribution in [0.5, 0.6) is 0 Å². The number of carbonyl (C=O) groups excluding carboxylic acids is 3. The Kier molecular flexibility index (Phi) is 7.90. The Balaban J connectivity index is 1.63. The molecule has 0 saturated carbocycles. The molecule has 0 spiro atoms. The minimum atomic E-state index is -0.942. The van der Waals surface area contributed by atoms with Crippen molar-refractivity contribution in [2.75, 3.05) is 6.61 Å². The van der Waals surface area contributed by atoms with E-state index in [0.29, 0.717) is 9.80 Å². The summed E-state index contributed by atoms with van der Waals surface area (Å²) in [5, 5.41) is 1.52. The number of hydrogen-bond donors (Lipinski definition) is 1. The summed E-state index contributed by atoms with van der Waals surface area (Å²) in [4.78, 5) is 45.1. The van der Waals surface area contributed by atoms with Crippen molar-refractivity contribution in [3.05, 3.63) is 15.1 Å². The van der Waals surface area contributed by atoms with E-state index in [2.05, 4.69) is 4.98 Å². The first-order valence-electron chi connectivity index (χ1n) is 11.1. The summed E-state index contributed by atoms with van der Waals surface area (Å²) in [5.74, 6) is -1.62. The molecule has 0 unspecified atom stereocenters. The number of aryl methyl sites for hydroxylation is 2. The van der Waals surface area contributed by atoms with Crippen molar-refractivity contribution in [3.63, 3.8) is 0 Å². The molecule has 0 bridgehead atoms. The van der Waals surface area contributed by atoms with E-state index in [9.17, 15) is 14.4 Å². The van der Waals surface area contributed by atoms with Gasteiger partial charge in [0.05, 0.1) is 0 Å². The number of H-pyrrole nitrogens is 1. The Labute approximate surface area is 209 Å². The second-order valence-corrected chi connectivity index (χ2v) is 10.8. The number of ether oxygens (including phenoxy) is 4. The molecule has 12 heteroatoms. The van der Waals surface area contributed by atoms with Crippen LogP contribution in [0.15, 0.2) is 5.16 Å². The number of thioether (sulfide) groups is 1. The van der Waals surface area contributed by atoms with Crippen LogP contribution < -0.4 is 0 Å². The summed E-state index contributed by atoms with van der Waals surface area (Å²) in [6.45, 7) is 3.64. The van der Waals surface area contributed by atoms with Crippen LogP contribution in [0.3, 0.4) is 0 Å². The maximum Gasteiger partial charge on any atom is 0.303 e. The molecule has 2 aromatic rings. The number of nitrogens with zero attached hydrogens (tertiary/aromatic N) is 1. The van der Waals surface area contributed by atoms with E-state index < -0.39 is 41.7 Å². The third-order valence-corrected chi connectivity index (χ3v) is 8.12. The van der Waals surface area contributed by atoms with Crippen LogP contribution in [0.1, 0.15) is 50.5 Å². The van der Waals surface area contributed by atoms with Gasteiger partial charge in [-0.2, -0.15) is 0 Å². The van der Waals surface area contributed by atoms with Crippen LogP contribution in [0, 0.1) is 4.64 Å². The normalized spacial score (nSPS) is 24.3. The lowest BCUT2D eigenvalue weighted by molar-refractivity contribution is -0.165. The molecule has 3 heterocycles. The number of thiophene rings is 1. The topological polar surface area (TPSA) is 117 Å². The number of rotatable bonds is 6. The summed E-state index contributed by atoms with van der Waals surface area (Å²) in [6, 6.07) is 0. The van der Waals surface area contributed by atoms with Crippen molar-refractivity contribution in [2.45, 2.75) is 81.8 Å². The molecule has 0 aromatic carbocycles. The van der Waals surface area contributed by atoms with Crippen LogP contribution in [-0.4, -0.2) is 58.2 Å². The van der Waals surface area contributed by atoms with Gasteiger partial charge in [-0.3, -0.25) is 14.4 Å². The molecule has 2 aliphatic rings. The van der Waals surface area contributed by atoms with Gasteiger partial charge in [0.1, 0.15) is 22.2 Å². The van der Waals surface area contributed by atoms with Gasteiger partial charge in [0.25, 0.3) is 0 Å². The van der Waals surface area contributed by atoms with E-state index in [1.807, 2.05) is 0 Å². The Morgan fingerprint density at radius 1 is 1.09 bits per heavy atom. The highest BCUT2D eigenvalue weighted by molar-refractivity contribution is 7.99. The Morgan fingerprint density at radius 2 is 1.79 bits per heavy atom. The Morgan fingerprint density at radius 3 is 2.50 bits per heavy atom. The SMILES string of the molecule is CC(=O)OC[C@H]1O[C@@H](Sc2nc3sc4c(c3c(=S)[nH]2)CCCCC4)[C@@H](OC(C)=O)[C@@H]1OC(C)=O. The third kappa shape index (κ3) is 5.61. The molecule has 4 rings (SSSR count). The molecule has 0 amide bonds. The van der Waals surface area contributed by atoms with Gasteiger partial charge in [-0.25, -0.2) is 4.98 Å². The number of carbonyl (C=O) groups is 3. The highest BCUT2D eigenvalue weighted by Crippen LogP contribution is 2.39. The zero-order chi connectivity index (χ0) is 24.4. The highest BCUT2D eigenvalue weighted by Gasteiger charge is 2.50. The van der Waals surface area contributed by atoms with Crippen LogP contribution >= 0.6 is 35.3 Å². The molecule has 9 nitrogen and oxygen atoms in total. The molecular formula is C22H26N2O7S3. The van der Waals surface area contributed by atoms with E-state index in [1.165, 1.54) is 55.8 Å². The second-order valence-electron chi connectivity index (χ2n) is 8.23. The van der Waals surface area contributed by atoms with Crippen molar-refractivity contribution in [3.8, 4) is 0 Å². The van der Waals surface area contributed by atoms with Crippen LogP contribution in [0.25, 0.3) is 10.2 Å². The zero-order valence-electron chi connectivity index (χ0n) is 19.1. The van der Waals surface area contributed by atoms with Gasteiger partial charge in [-0.1, -0.05) is 30.4 Å². The second kappa shape index (κ2) is 10.7. The molecule has 1 aliphatic heterocycles. The van der Waals surface area contributed by atoms with Crippen LogP contribution in [-0.2, 0) is 46.2 Å². The molecule has 184 valence electrons. The lowest BCUT2D eigenvalue weighted by Gasteiger charge is -2.23. The lowest BCUT2D eigenvalue weighted by Crippen LogP contribution is -2.40. The summed E-state index contributed by atoms with van der Waals surface area (Å²) in [6.07, 6.45) is 2.90. The minimum absolute atomic E-state index is 0.151. The number of esters is 3. The monoisotopic (exact) mass is 526 g/mol. The van der Waals surface area contributed by atoms with Crippen LogP contribution in [0.4, 0.5) is 0 Å². The molecule has 34 heavy (non-hydrogen) atoms. The van der Waals surface area contributed by atoms with Crippen molar-refractivity contribution < 1.29 is 33.3 Å². The summed E-state index contributed by atoms with van der Waals surface area (Å²) in [7, 11) is 0. The van der Waals surface area contributed by atoms with E-state index in [-0.39, 0.29) is 6.61 Å². The first-order chi connectivity index (χ1) is 16.2. The van der Waals surface area contributed by atoms with Gasteiger partial charge in [0.2, 0.25) is 0 Å². The van der Waals surface area contributed by atoms with Gasteiger partial charge in [0, 0.05) is 31.0 Å². The van der Waals surface area contributed by atoms with E-state index >= 15 is 0 Å². The first kappa shape index (κ1) is 25.1. The fourth-order valence-electron chi connectivity index (χ4n) is 4.26. The van der Waals surface area contributed by atoms with E-state index in [4.69, 9.17) is 36.1 Å². The fourth-order valence-corrected chi connectivity index (χ4v) is 7.10. The molecule has 1 aliphatic carbocycles. The summed E-state index contributed by atoms with van der Waals surface area (Å²) >= 11 is 8.54. The smallest absolute Gasteiger partial charge is 0.303 e. The van der Waals surface area contributed by atoms with Crippen molar-refractivity contribution in [1.29, 1.82) is 0 Å². The molecule has 1 N–H and O–H groups in total. The molecular weight excluding hydrogens is 500 g/mol. The number of hydrogen-bond acceptors (Lipinski definition) is 11. The first-order valence-corrected chi connectivity index (χ1v) is 13.2. The number of aromatic amines is 1. The van der Waals surface area contributed by atoms with Gasteiger partial charge < -0.3 is 23.9 Å². The summed E-state index contributed by atoms with van der Waals surface area (Å²) < 4.78 is 22.6. The van der Waals surface area contributed by atoms with Crippen LogP contribution in [0.2, 0.25) is 0 Å². The average Bonchev–Trinajstić information content (AvgIpc) is 3.14. The maximum absolute atomic E-state index is 11.8. The maximum atomic E-state index is 11.8. The Hall–Kier alpha value is -2.02. The molecule has 1 saturated heterocycles. The highest BCUT2D eigenvalue weighted by atomic mass is 32.2. The largest absolute Gasteiger partial charge is 0.463 e. The minimum Gasteiger partial charge on any atom is -0.463 e. The van der Waals surface area contributed by atoms with Crippen molar-refractivity contribution >= 4 is 63.4 Å². The van der Waals surface area contributed by atoms with Gasteiger partial charge >= 0.3 is 17.9 Å². The number of nitrogens with one attached hydrogen (secondary N) is 1. The predicted octanol–water partition coefficient (Wildman–Crippen LogP) is 3.87.